The molecular weight excluding hydrogens is 274 g/mol. The van der Waals surface area contributed by atoms with E-state index in [4.69, 9.17) is 15.0 Å². The minimum Gasteiger partial charge on any atom is -0.463 e. The van der Waals surface area contributed by atoms with Crippen LogP contribution in [0.1, 0.15) is 13.8 Å². The van der Waals surface area contributed by atoms with E-state index in [-0.39, 0.29) is 6.61 Å². The third kappa shape index (κ3) is 4.07. The van der Waals surface area contributed by atoms with E-state index in [1.165, 1.54) is 0 Å². The summed E-state index contributed by atoms with van der Waals surface area (Å²) in [7, 11) is 0. The third-order valence-corrected chi connectivity index (χ3v) is 2.59. The highest BCUT2D eigenvalue weighted by molar-refractivity contribution is 5.66. The van der Waals surface area contributed by atoms with Crippen molar-refractivity contribution in [2.75, 3.05) is 6.61 Å². The lowest BCUT2D eigenvalue weighted by Crippen LogP contribution is -2.58. The van der Waals surface area contributed by atoms with Crippen molar-refractivity contribution in [2.24, 2.45) is 5.11 Å². The molecule has 0 radical (unpaired) electrons. The molecule has 10 nitrogen and oxygen atoms in total. The van der Waals surface area contributed by atoms with Gasteiger partial charge in [-0.25, -0.2) is 0 Å². The highest BCUT2D eigenvalue weighted by Gasteiger charge is 2.46. The van der Waals surface area contributed by atoms with Crippen molar-refractivity contribution in [3.05, 3.63) is 10.4 Å². The molecule has 0 aromatic heterocycles. The van der Waals surface area contributed by atoms with Crippen LogP contribution in [0.3, 0.4) is 0 Å². The molecule has 1 saturated heterocycles. The normalized spacial score (nSPS) is 32.9. The Hall–Kier alpha value is -1.87. The first-order valence-electron chi connectivity index (χ1n) is 5.73. The molecule has 0 aliphatic carbocycles. The van der Waals surface area contributed by atoms with E-state index in [1.54, 1.807) is 0 Å². The molecule has 1 fully saturated rings. The summed E-state index contributed by atoms with van der Waals surface area (Å²) in [5, 5.41) is 22.9. The Bertz CT molecular complexity index is 423. The van der Waals surface area contributed by atoms with Crippen LogP contribution >= 0.6 is 0 Å². The summed E-state index contributed by atoms with van der Waals surface area (Å²) in [5.74, 6) is -1.32. The number of esters is 2. The van der Waals surface area contributed by atoms with Crippen LogP contribution in [0.25, 0.3) is 10.4 Å². The Morgan fingerprint density at radius 1 is 1.30 bits per heavy atom. The molecule has 0 spiro atoms. The fraction of sp³-hybridized carbons (Fsp3) is 0.800. The van der Waals surface area contributed by atoms with Crippen LogP contribution in [-0.2, 0) is 23.8 Å². The average molecular weight is 289 g/mol. The van der Waals surface area contributed by atoms with Gasteiger partial charge in [-0.05, 0) is 5.53 Å². The Kier molecular flexibility index (Phi) is 5.71. The second-order valence-corrected chi connectivity index (χ2v) is 4.13. The molecule has 0 bridgehead atoms. The quantitative estimate of drug-likeness (QED) is 0.298. The van der Waals surface area contributed by atoms with Crippen LogP contribution in [0.2, 0.25) is 0 Å². The van der Waals surface area contributed by atoms with Gasteiger partial charge in [0.05, 0.1) is 6.10 Å². The van der Waals surface area contributed by atoms with Gasteiger partial charge in [-0.2, -0.15) is 0 Å². The number of hydrogen-bond donors (Lipinski definition) is 2. The van der Waals surface area contributed by atoms with Gasteiger partial charge in [0.2, 0.25) is 6.29 Å². The fourth-order valence-corrected chi connectivity index (χ4v) is 1.70. The Labute approximate surface area is 113 Å². The highest BCUT2D eigenvalue weighted by Crippen LogP contribution is 2.25. The summed E-state index contributed by atoms with van der Waals surface area (Å²) in [4.78, 5) is 24.2. The van der Waals surface area contributed by atoms with Gasteiger partial charge in [-0.3, -0.25) is 9.59 Å². The lowest BCUT2D eigenvalue weighted by atomic mass is 9.98. The Morgan fingerprint density at radius 3 is 2.45 bits per heavy atom. The van der Waals surface area contributed by atoms with Crippen LogP contribution in [0.4, 0.5) is 0 Å². The molecule has 1 aliphatic heterocycles. The van der Waals surface area contributed by atoms with Crippen LogP contribution in [-0.4, -0.2) is 59.4 Å². The number of carbonyl (C=O) groups is 2. The lowest BCUT2D eigenvalue weighted by molar-refractivity contribution is -0.259. The number of aliphatic hydroxyl groups is 2. The number of aliphatic hydroxyl groups excluding tert-OH is 2. The molecule has 0 aromatic carbocycles. The largest absolute Gasteiger partial charge is 0.463 e. The van der Waals surface area contributed by atoms with Crippen LogP contribution in [0.5, 0.6) is 0 Å². The number of azide groups is 1. The van der Waals surface area contributed by atoms with Gasteiger partial charge < -0.3 is 24.4 Å². The Balaban J connectivity index is 2.85. The number of rotatable bonds is 4. The van der Waals surface area contributed by atoms with Gasteiger partial charge >= 0.3 is 11.9 Å². The minimum atomic E-state index is -1.52. The summed E-state index contributed by atoms with van der Waals surface area (Å²) in [6.45, 7) is 1.93. The van der Waals surface area contributed by atoms with Crippen LogP contribution in [0.15, 0.2) is 5.11 Å². The van der Waals surface area contributed by atoms with E-state index >= 15 is 0 Å². The SMILES string of the molecule is CC(=O)OCC1OC(OC(C)=O)[C@@H](N=[N+]=[N-])C(O)[C@@H]1O. The van der Waals surface area contributed by atoms with Crippen molar-refractivity contribution < 1.29 is 34.0 Å². The first-order valence-corrected chi connectivity index (χ1v) is 5.73. The zero-order valence-corrected chi connectivity index (χ0v) is 10.9. The standard InChI is InChI=1S/C10H15N3O7/c1-4(14)18-3-6-8(16)9(17)7(12-13-11)10(20-6)19-5(2)15/h6-10,16-17H,3H2,1-2H3/t6?,7-,8+,9?,10?/m0/s1. The third-order valence-electron chi connectivity index (χ3n) is 2.59. The van der Waals surface area contributed by atoms with Gasteiger partial charge in [-0.1, -0.05) is 5.11 Å². The molecule has 20 heavy (non-hydrogen) atoms. The highest BCUT2D eigenvalue weighted by atomic mass is 16.7. The van der Waals surface area contributed by atoms with Crippen molar-refractivity contribution in [1.82, 2.24) is 0 Å². The van der Waals surface area contributed by atoms with Crippen molar-refractivity contribution in [1.29, 1.82) is 0 Å². The van der Waals surface area contributed by atoms with Gasteiger partial charge in [0.25, 0.3) is 0 Å². The lowest BCUT2D eigenvalue weighted by Gasteiger charge is -2.39. The van der Waals surface area contributed by atoms with Gasteiger partial charge in [-0.15, -0.1) is 0 Å². The molecule has 1 aliphatic rings. The summed E-state index contributed by atoms with van der Waals surface area (Å²) in [6.07, 6.45) is -5.47. The second kappa shape index (κ2) is 7.06. The van der Waals surface area contributed by atoms with Crippen LogP contribution < -0.4 is 0 Å². The first kappa shape index (κ1) is 16.2. The predicted octanol–water partition coefficient (Wildman–Crippen LogP) is -0.762. The summed E-state index contributed by atoms with van der Waals surface area (Å²) in [6, 6.07) is -1.30. The van der Waals surface area contributed by atoms with Crippen molar-refractivity contribution in [3.8, 4) is 0 Å². The monoisotopic (exact) mass is 289 g/mol. The molecule has 0 saturated carbocycles. The number of hydrogen-bond acceptors (Lipinski definition) is 8. The first-order chi connectivity index (χ1) is 9.36. The molecule has 3 unspecified atom stereocenters. The molecule has 0 aromatic rings. The molecule has 2 N–H and O–H groups in total. The molecule has 1 rings (SSSR count). The zero-order valence-electron chi connectivity index (χ0n) is 10.9. The molecular formula is C10H15N3O7. The van der Waals surface area contributed by atoms with Gasteiger partial charge in [0.15, 0.2) is 0 Å². The van der Waals surface area contributed by atoms with Crippen LogP contribution in [0, 0.1) is 0 Å². The summed E-state index contributed by atoms with van der Waals surface area (Å²) >= 11 is 0. The molecule has 10 heteroatoms. The molecule has 1 heterocycles. The molecule has 0 amide bonds. The molecule has 5 atom stereocenters. The van der Waals surface area contributed by atoms with Gasteiger partial charge in [0, 0.05) is 18.8 Å². The zero-order chi connectivity index (χ0) is 15.3. The van der Waals surface area contributed by atoms with E-state index in [1.807, 2.05) is 0 Å². The Morgan fingerprint density at radius 2 is 1.95 bits per heavy atom. The van der Waals surface area contributed by atoms with Gasteiger partial charge in [0.1, 0.15) is 24.9 Å². The van der Waals surface area contributed by atoms with E-state index in [2.05, 4.69) is 14.8 Å². The number of ether oxygens (including phenoxy) is 3. The number of carbonyl (C=O) groups excluding carboxylic acids is 2. The van der Waals surface area contributed by atoms with E-state index in [9.17, 15) is 19.8 Å². The topological polar surface area (TPSA) is 151 Å². The molecule has 112 valence electrons. The van der Waals surface area contributed by atoms with E-state index < -0.39 is 42.6 Å². The van der Waals surface area contributed by atoms with Crippen molar-refractivity contribution in [2.45, 2.75) is 44.5 Å². The average Bonchev–Trinajstić information content (AvgIpc) is 2.36. The maximum atomic E-state index is 11.0. The van der Waals surface area contributed by atoms with E-state index in [0.717, 1.165) is 13.8 Å². The predicted molar refractivity (Wildman–Crippen MR) is 62.0 cm³/mol. The summed E-state index contributed by atoms with van der Waals surface area (Å²) in [5.41, 5.74) is 8.42. The summed E-state index contributed by atoms with van der Waals surface area (Å²) < 4.78 is 14.6. The van der Waals surface area contributed by atoms with E-state index in [0.29, 0.717) is 0 Å². The maximum Gasteiger partial charge on any atom is 0.304 e. The fourth-order valence-electron chi connectivity index (χ4n) is 1.70. The van der Waals surface area contributed by atoms with Crippen molar-refractivity contribution in [3.63, 3.8) is 0 Å². The smallest absolute Gasteiger partial charge is 0.304 e. The number of nitrogens with zero attached hydrogens (tertiary/aromatic N) is 3. The minimum absolute atomic E-state index is 0.339. The second-order valence-electron chi connectivity index (χ2n) is 4.13. The maximum absolute atomic E-state index is 11.0. The van der Waals surface area contributed by atoms with Crippen molar-refractivity contribution >= 4 is 11.9 Å².